The molecule has 0 aromatic carbocycles. The molecule has 0 aromatic heterocycles. The number of likely N-dealkylation sites (tertiary alicyclic amines) is 1. The van der Waals surface area contributed by atoms with Gasteiger partial charge >= 0.3 is 5.97 Å². The molecule has 1 fully saturated rings. The number of rotatable bonds is 7. The maximum absolute atomic E-state index is 11.5. The third kappa shape index (κ3) is 7.02. The molecule has 2 amide bonds. The Labute approximate surface area is 115 Å². The van der Waals surface area contributed by atoms with Gasteiger partial charge in [-0.25, -0.2) is 0 Å². The van der Waals surface area contributed by atoms with Gasteiger partial charge in [0.2, 0.25) is 11.8 Å². The molecule has 0 saturated carbocycles. The Morgan fingerprint density at radius 2 is 1.89 bits per heavy atom. The fraction of sp³-hybridized carbons (Fsp3) is 0.727. The molecule has 1 saturated heterocycles. The summed E-state index contributed by atoms with van der Waals surface area (Å²) in [4.78, 5) is 34.6. The van der Waals surface area contributed by atoms with Crippen LogP contribution in [0.15, 0.2) is 0 Å². The minimum Gasteiger partial charge on any atom is -0.481 e. The van der Waals surface area contributed by atoms with Crippen LogP contribution in [0.5, 0.6) is 0 Å². The van der Waals surface area contributed by atoms with E-state index in [4.69, 9.17) is 10.8 Å². The van der Waals surface area contributed by atoms with Crippen molar-refractivity contribution in [1.82, 2.24) is 10.2 Å². The zero-order valence-electron chi connectivity index (χ0n) is 10.6. The fourth-order valence-electron chi connectivity index (χ4n) is 1.96. The molecule has 8 heteroatoms. The molecular weight excluding hydrogens is 270 g/mol. The summed E-state index contributed by atoms with van der Waals surface area (Å²) in [5.41, 5.74) is 5.12. The van der Waals surface area contributed by atoms with Crippen molar-refractivity contribution in [3.8, 4) is 0 Å². The minimum absolute atomic E-state index is 0.0650. The first-order valence-corrected chi connectivity index (χ1v) is 7.22. The summed E-state index contributed by atoms with van der Waals surface area (Å²) in [6, 6.07) is 0.0991. The van der Waals surface area contributed by atoms with Gasteiger partial charge in [0.1, 0.15) is 0 Å². The van der Waals surface area contributed by atoms with Gasteiger partial charge in [0, 0.05) is 19.1 Å². The lowest BCUT2D eigenvalue weighted by molar-refractivity contribution is -0.133. The Morgan fingerprint density at radius 1 is 1.26 bits per heavy atom. The molecule has 1 heterocycles. The third-order valence-corrected chi connectivity index (χ3v) is 3.71. The number of piperidine rings is 1. The molecule has 7 nitrogen and oxygen atoms in total. The van der Waals surface area contributed by atoms with Crippen LogP contribution in [0.25, 0.3) is 0 Å². The number of primary amides is 1. The number of nitrogens with zero attached hydrogens (tertiary/aromatic N) is 1. The number of hydrogen-bond acceptors (Lipinski definition) is 5. The first kappa shape index (κ1) is 15.8. The van der Waals surface area contributed by atoms with Gasteiger partial charge in [-0.2, -0.15) is 0 Å². The molecule has 0 spiro atoms. The van der Waals surface area contributed by atoms with Crippen molar-refractivity contribution in [1.29, 1.82) is 0 Å². The number of aliphatic carboxylic acids is 1. The Bertz CT molecular complexity index is 343. The van der Waals surface area contributed by atoms with E-state index in [0.717, 1.165) is 37.7 Å². The Hall–Kier alpha value is -1.28. The van der Waals surface area contributed by atoms with Crippen LogP contribution in [0.2, 0.25) is 0 Å². The quantitative estimate of drug-likeness (QED) is 0.546. The van der Waals surface area contributed by atoms with Crippen molar-refractivity contribution in [2.45, 2.75) is 18.9 Å². The smallest absolute Gasteiger partial charge is 0.313 e. The van der Waals surface area contributed by atoms with Gasteiger partial charge in [-0.3, -0.25) is 19.3 Å². The standard InChI is InChI=1S/C11H19N3O4S/c12-9(15)5-14-3-1-8(2-4-14)13-10(16)6-19-7-11(17)18/h8H,1-7H2,(H2,12,15)(H,13,16)(H,17,18). The van der Waals surface area contributed by atoms with Crippen LogP contribution in [-0.2, 0) is 14.4 Å². The fourth-order valence-corrected chi connectivity index (χ4v) is 2.50. The molecule has 1 rings (SSSR count). The largest absolute Gasteiger partial charge is 0.481 e. The van der Waals surface area contributed by atoms with E-state index >= 15 is 0 Å². The molecule has 108 valence electrons. The maximum atomic E-state index is 11.5. The van der Waals surface area contributed by atoms with E-state index in [2.05, 4.69) is 5.32 Å². The Balaban J connectivity index is 2.16. The molecule has 1 aliphatic heterocycles. The van der Waals surface area contributed by atoms with Crippen LogP contribution in [0.4, 0.5) is 0 Å². The van der Waals surface area contributed by atoms with E-state index in [9.17, 15) is 14.4 Å². The molecule has 1 aliphatic rings. The predicted molar refractivity (Wildman–Crippen MR) is 71.8 cm³/mol. The van der Waals surface area contributed by atoms with Gasteiger partial charge in [0.15, 0.2) is 0 Å². The van der Waals surface area contributed by atoms with Crippen molar-refractivity contribution in [2.24, 2.45) is 5.73 Å². The lowest BCUT2D eigenvalue weighted by atomic mass is 10.1. The van der Waals surface area contributed by atoms with Crippen LogP contribution in [0, 0.1) is 0 Å². The molecule has 4 N–H and O–H groups in total. The highest BCUT2D eigenvalue weighted by Gasteiger charge is 2.21. The molecule has 0 radical (unpaired) electrons. The van der Waals surface area contributed by atoms with E-state index in [-0.39, 0.29) is 35.9 Å². The molecule has 19 heavy (non-hydrogen) atoms. The first-order chi connectivity index (χ1) is 8.97. The summed E-state index contributed by atoms with van der Waals surface area (Å²) in [6.07, 6.45) is 1.56. The van der Waals surface area contributed by atoms with Gasteiger partial charge in [-0.05, 0) is 12.8 Å². The number of carboxylic acid groups (broad SMARTS) is 1. The lowest BCUT2D eigenvalue weighted by Gasteiger charge is -2.31. The summed E-state index contributed by atoms with van der Waals surface area (Å²) >= 11 is 1.08. The number of thioether (sulfide) groups is 1. The van der Waals surface area contributed by atoms with Crippen LogP contribution >= 0.6 is 11.8 Å². The molecule has 0 aromatic rings. The first-order valence-electron chi connectivity index (χ1n) is 6.07. The number of carbonyl (C=O) groups is 3. The molecular formula is C11H19N3O4S. The Kier molecular flexibility index (Phi) is 6.65. The van der Waals surface area contributed by atoms with Gasteiger partial charge in [-0.1, -0.05) is 0 Å². The summed E-state index contributed by atoms with van der Waals surface area (Å²) in [6.45, 7) is 1.72. The van der Waals surface area contributed by atoms with Gasteiger partial charge < -0.3 is 16.2 Å². The van der Waals surface area contributed by atoms with Crippen molar-refractivity contribution >= 4 is 29.5 Å². The summed E-state index contributed by atoms with van der Waals surface area (Å²) in [5.74, 6) is -1.30. The predicted octanol–water partition coefficient (Wildman–Crippen LogP) is -1.13. The van der Waals surface area contributed by atoms with Gasteiger partial charge in [0.05, 0.1) is 18.1 Å². The zero-order chi connectivity index (χ0) is 14.3. The normalized spacial score (nSPS) is 17.1. The molecule has 0 unspecified atom stereocenters. The average molecular weight is 289 g/mol. The topological polar surface area (TPSA) is 113 Å². The number of carboxylic acids is 1. The highest BCUT2D eigenvalue weighted by molar-refractivity contribution is 8.00. The number of nitrogens with one attached hydrogen (secondary N) is 1. The second-order valence-electron chi connectivity index (χ2n) is 4.47. The van der Waals surface area contributed by atoms with Crippen LogP contribution < -0.4 is 11.1 Å². The van der Waals surface area contributed by atoms with Crippen molar-refractivity contribution in [2.75, 3.05) is 31.1 Å². The van der Waals surface area contributed by atoms with Crippen LogP contribution in [0.3, 0.4) is 0 Å². The summed E-state index contributed by atoms with van der Waals surface area (Å²) in [5, 5.41) is 11.3. The van der Waals surface area contributed by atoms with Gasteiger partial charge in [0.25, 0.3) is 0 Å². The highest BCUT2D eigenvalue weighted by Crippen LogP contribution is 2.10. The monoisotopic (exact) mass is 289 g/mol. The van der Waals surface area contributed by atoms with Crippen LogP contribution in [0.1, 0.15) is 12.8 Å². The number of nitrogens with two attached hydrogens (primary N) is 1. The van der Waals surface area contributed by atoms with Gasteiger partial charge in [-0.15, -0.1) is 11.8 Å². The summed E-state index contributed by atoms with van der Waals surface area (Å²) < 4.78 is 0. The SMILES string of the molecule is NC(=O)CN1CCC(NC(=O)CSCC(=O)O)CC1. The number of carbonyl (C=O) groups excluding carboxylic acids is 2. The van der Waals surface area contributed by atoms with Crippen molar-refractivity contribution in [3.05, 3.63) is 0 Å². The second kappa shape index (κ2) is 8.00. The Morgan fingerprint density at radius 3 is 2.42 bits per heavy atom. The average Bonchev–Trinajstić information content (AvgIpc) is 2.30. The van der Waals surface area contributed by atoms with Crippen molar-refractivity contribution in [3.63, 3.8) is 0 Å². The van der Waals surface area contributed by atoms with E-state index in [1.165, 1.54) is 0 Å². The molecule has 0 aliphatic carbocycles. The lowest BCUT2D eigenvalue weighted by Crippen LogP contribution is -2.47. The summed E-state index contributed by atoms with van der Waals surface area (Å²) in [7, 11) is 0. The maximum Gasteiger partial charge on any atom is 0.313 e. The zero-order valence-corrected chi connectivity index (χ0v) is 11.4. The van der Waals surface area contributed by atoms with E-state index in [0.29, 0.717) is 0 Å². The van der Waals surface area contributed by atoms with E-state index in [1.807, 2.05) is 4.90 Å². The molecule has 0 bridgehead atoms. The highest BCUT2D eigenvalue weighted by atomic mass is 32.2. The van der Waals surface area contributed by atoms with Crippen molar-refractivity contribution < 1.29 is 19.5 Å². The molecule has 0 atom stereocenters. The van der Waals surface area contributed by atoms with E-state index < -0.39 is 5.97 Å². The van der Waals surface area contributed by atoms with Crippen LogP contribution in [-0.4, -0.2) is 65.0 Å². The third-order valence-electron chi connectivity index (χ3n) is 2.79. The number of amides is 2. The number of hydrogen-bond donors (Lipinski definition) is 3. The minimum atomic E-state index is -0.919. The second-order valence-corrected chi connectivity index (χ2v) is 5.46. The van der Waals surface area contributed by atoms with E-state index in [1.54, 1.807) is 0 Å².